The van der Waals surface area contributed by atoms with Gasteiger partial charge in [0.2, 0.25) is 0 Å². The molecule has 0 aromatic heterocycles. The van der Waals surface area contributed by atoms with E-state index < -0.39 is 6.10 Å². The van der Waals surface area contributed by atoms with Crippen molar-refractivity contribution in [1.29, 1.82) is 0 Å². The minimum absolute atomic E-state index is 0.0747. The molecule has 478 valence electrons. The Hall–Kier alpha value is -3.67. The van der Waals surface area contributed by atoms with E-state index in [9.17, 15) is 14.4 Å². The van der Waals surface area contributed by atoms with Gasteiger partial charge in [0.15, 0.2) is 6.10 Å². The zero-order valence-corrected chi connectivity index (χ0v) is 54.9. The van der Waals surface area contributed by atoms with Crippen LogP contribution >= 0.6 is 0 Å². The monoisotopic (exact) mass is 1160 g/mol. The molecule has 0 aromatic carbocycles. The molecule has 1 unspecified atom stereocenters. The predicted molar refractivity (Wildman–Crippen MR) is 362 cm³/mol. The van der Waals surface area contributed by atoms with Gasteiger partial charge < -0.3 is 14.2 Å². The van der Waals surface area contributed by atoms with Crippen molar-refractivity contribution < 1.29 is 28.6 Å². The van der Waals surface area contributed by atoms with Gasteiger partial charge >= 0.3 is 17.9 Å². The number of carbonyl (C=O) groups excluding carboxylic acids is 3. The van der Waals surface area contributed by atoms with E-state index >= 15 is 0 Å². The van der Waals surface area contributed by atoms with Crippen LogP contribution in [0.1, 0.15) is 355 Å². The van der Waals surface area contributed by atoms with E-state index in [0.717, 1.165) is 103 Å². The second-order valence-electron chi connectivity index (χ2n) is 23.8. The molecule has 0 bridgehead atoms. The molecular weight excluding hydrogens is 1020 g/mol. The van der Waals surface area contributed by atoms with Crippen LogP contribution in [0.5, 0.6) is 0 Å². The van der Waals surface area contributed by atoms with Crippen LogP contribution in [0.4, 0.5) is 0 Å². The molecule has 0 aliphatic rings. The average molecular weight is 1160 g/mol. The normalized spacial score (nSPS) is 12.7. The fourth-order valence-corrected chi connectivity index (χ4v) is 10.2. The van der Waals surface area contributed by atoms with Gasteiger partial charge in [0.1, 0.15) is 13.2 Å². The van der Waals surface area contributed by atoms with Crippen LogP contribution in [0.15, 0.2) is 97.2 Å². The first-order valence-corrected chi connectivity index (χ1v) is 35.7. The molecule has 0 radical (unpaired) electrons. The lowest BCUT2D eigenvalue weighted by Crippen LogP contribution is -2.30. The Kier molecular flexibility index (Phi) is 67.7. The van der Waals surface area contributed by atoms with Crippen LogP contribution < -0.4 is 0 Å². The summed E-state index contributed by atoms with van der Waals surface area (Å²) in [7, 11) is 0. The average Bonchev–Trinajstić information content (AvgIpc) is 3.50. The molecule has 0 rings (SSSR count). The van der Waals surface area contributed by atoms with Crippen LogP contribution in [-0.2, 0) is 28.6 Å². The number of allylic oxidation sites excluding steroid dienone is 16. The Bertz CT molecular complexity index is 1610. The largest absolute Gasteiger partial charge is 0.462 e. The molecule has 0 fully saturated rings. The van der Waals surface area contributed by atoms with Crippen LogP contribution in [0.2, 0.25) is 0 Å². The second-order valence-corrected chi connectivity index (χ2v) is 23.8. The standard InChI is InChI=1S/C77H134O6/c1-4-7-10-13-16-18-20-22-24-26-28-30-32-34-35-36-37-38-39-40-41-43-44-46-48-50-52-54-56-58-61-64-67-70-76(79)82-73-74(72-81-75(78)69-66-63-60-15-12-9-6-3)83-77(80)71-68-65-62-59-57-55-53-51-49-47-45-42-33-31-29-27-25-23-21-19-17-14-11-8-5-2/h7,10,16,18,21-24,27-30,33-35,42,74H,4-6,8-9,11-15,17,19-20,25-26,31-32,36-41,43-73H2,1-3H3/b10-7-,18-16-,23-21-,24-22-,29-27-,30-28-,35-34-,42-33-. The Morgan fingerprint density at radius 1 is 0.253 bits per heavy atom. The summed E-state index contributed by atoms with van der Waals surface area (Å²) in [6, 6.07) is 0. The van der Waals surface area contributed by atoms with Gasteiger partial charge in [-0.15, -0.1) is 0 Å². The zero-order valence-electron chi connectivity index (χ0n) is 54.9. The number of rotatable bonds is 65. The van der Waals surface area contributed by atoms with E-state index in [4.69, 9.17) is 14.2 Å². The van der Waals surface area contributed by atoms with Gasteiger partial charge in [-0.1, -0.05) is 330 Å². The van der Waals surface area contributed by atoms with Gasteiger partial charge in [0.25, 0.3) is 0 Å². The number of carbonyl (C=O) groups is 3. The molecule has 6 heteroatoms. The fraction of sp³-hybridized carbons (Fsp3) is 0.753. The summed E-state index contributed by atoms with van der Waals surface area (Å²) in [6.07, 6.45) is 96.1. The quantitative estimate of drug-likeness (QED) is 0.0261. The highest BCUT2D eigenvalue weighted by Gasteiger charge is 2.19. The van der Waals surface area contributed by atoms with Crippen molar-refractivity contribution in [2.75, 3.05) is 13.2 Å². The smallest absolute Gasteiger partial charge is 0.306 e. The van der Waals surface area contributed by atoms with Crippen molar-refractivity contribution in [2.45, 2.75) is 361 Å². The van der Waals surface area contributed by atoms with Crippen LogP contribution in [0.3, 0.4) is 0 Å². The minimum atomic E-state index is -0.776. The lowest BCUT2D eigenvalue weighted by atomic mass is 10.0. The first-order chi connectivity index (χ1) is 41.0. The van der Waals surface area contributed by atoms with Crippen molar-refractivity contribution in [1.82, 2.24) is 0 Å². The number of unbranched alkanes of at least 4 members (excludes halogenated alkanes) is 38. The summed E-state index contributed by atoms with van der Waals surface area (Å²) in [5.41, 5.74) is 0. The van der Waals surface area contributed by atoms with Crippen molar-refractivity contribution in [3.05, 3.63) is 97.2 Å². The maximum atomic E-state index is 12.9. The van der Waals surface area contributed by atoms with E-state index in [2.05, 4.69) is 118 Å². The topological polar surface area (TPSA) is 78.9 Å². The van der Waals surface area contributed by atoms with Crippen molar-refractivity contribution in [3.8, 4) is 0 Å². The van der Waals surface area contributed by atoms with E-state index in [-0.39, 0.29) is 31.1 Å². The van der Waals surface area contributed by atoms with E-state index in [1.54, 1.807) is 0 Å². The molecule has 0 saturated carbocycles. The van der Waals surface area contributed by atoms with Gasteiger partial charge in [-0.2, -0.15) is 0 Å². The first kappa shape index (κ1) is 79.3. The highest BCUT2D eigenvalue weighted by atomic mass is 16.6. The lowest BCUT2D eigenvalue weighted by molar-refractivity contribution is -0.167. The van der Waals surface area contributed by atoms with E-state index in [1.165, 1.54) is 212 Å². The SMILES string of the molecule is CC/C=C\C/C=C\C/C=C\C/C=C\C/C=C\CCCCCCCCCCCCCCCCCCCC(=O)OCC(COC(=O)CCCCCCCCC)OC(=O)CCCCCCCCCCCC/C=C\C/C=C\C/C=C\CCCCCCC. The summed E-state index contributed by atoms with van der Waals surface area (Å²) in [4.78, 5) is 38.2. The Balaban J connectivity index is 4.05. The molecule has 0 saturated heterocycles. The summed E-state index contributed by atoms with van der Waals surface area (Å²) >= 11 is 0. The Morgan fingerprint density at radius 2 is 0.470 bits per heavy atom. The molecule has 0 N–H and O–H groups in total. The lowest BCUT2D eigenvalue weighted by Gasteiger charge is -2.18. The van der Waals surface area contributed by atoms with Crippen LogP contribution in [-0.4, -0.2) is 37.2 Å². The maximum Gasteiger partial charge on any atom is 0.306 e. The summed E-state index contributed by atoms with van der Waals surface area (Å²) in [6.45, 7) is 6.51. The van der Waals surface area contributed by atoms with Crippen molar-refractivity contribution >= 4 is 17.9 Å². The molecule has 0 aliphatic heterocycles. The third-order valence-corrected chi connectivity index (χ3v) is 15.6. The molecule has 0 amide bonds. The Labute approximate surface area is 515 Å². The molecule has 0 heterocycles. The van der Waals surface area contributed by atoms with E-state index in [1.807, 2.05) is 0 Å². The van der Waals surface area contributed by atoms with Crippen molar-refractivity contribution in [3.63, 3.8) is 0 Å². The third kappa shape index (κ3) is 69.0. The predicted octanol–water partition coefficient (Wildman–Crippen LogP) is 24.8. The maximum absolute atomic E-state index is 12.9. The summed E-state index contributed by atoms with van der Waals surface area (Å²) < 4.78 is 16.9. The Morgan fingerprint density at radius 3 is 0.735 bits per heavy atom. The molecular formula is C77H134O6. The third-order valence-electron chi connectivity index (χ3n) is 15.6. The first-order valence-electron chi connectivity index (χ1n) is 35.7. The van der Waals surface area contributed by atoms with Gasteiger partial charge in [-0.25, -0.2) is 0 Å². The van der Waals surface area contributed by atoms with E-state index in [0.29, 0.717) is 19.3 Å². The number of esters is 3. The second kappa shape index (κ2) is 70.8. The van der Waals surface area contributed by atoms with Crippen molar-refractivity contribution in [2.24, 2.45) is 0 Å². The molecule has 1 atom stereocenters. The highest BCUT2D eigenvalue weighted by molar-refractivity contribution is 5.71. The molecule has 6 nitrogen and oxygen atoms in total. The highest BCUT2D eigenvalue weighted by Crippen LogP contribution is 2.17. The fourth-order valence-electron chi connectivity index (χ4n) is 10.2. The van der Waals surface area contributed by atoms with Gasteiger partial charge in [0.05, 0.1) is 0 Å². The van der Waals surface area contributed by atoms with Gasteiger partial charge in [-0.05, 0) is 103 Å². The van der Waals surface area contributed by atoms with Crippen LogP contribution in [0, 0.1) is 0 Å². The number of hydrogen-bond donors (Lipinski definition) is 0. The zero-order chi connectivity index (χ0) is 59.9. The molecule has 0 aliphatic carbocycles. The van der Waals surface area contributed by atoms with Crippen LogP contribution in [0.25, 0.3) is 0 Å². The number of ether oxygens (including phenoxy) is 3. The summed E-state index contributed by atoms with van der Waals surface area (Å²) in [5.74, 6) is -0.869. The summed E-state index contributed by atoms with van der Waals surface area (Å²) in [5, 5.41) is 0. The van der Waals surface area contributed by atoms with Gasteiger partial charge in [-0.3, -0.25) is 14.4 Å². The molecule has 0 spiro atoms. The minimum Gasteiger partial charge on any atom is -0.462 e. The van der Waals surface area contributed by atoms with Gasteiger partial charge in [0, 0.05) is 19.3 Å². The number of hydrogen-bond acceptors (Lipinski definition) is 6. The molecule has 0 aromatic rings. The molecule has 83 heavy (non-hydrogen) atoms.